The molecule has 0 aliphatic carbocycles. The first-order chi connectivity index (χ1) is 16.6. The third-order valence-electron chi connectivity index (χ3n) is 4.71. The summed E-state index contributed by atoms with van der Waals surface area (Å²) in [5.41, 5.74) is 3.74. The van der Waals surface area contributed by atoms with E-state index in [1.165, 1.54) is 17.7 Å². The number of hydrogen-bond donors (Lipinski definition) is 1. The summed E-state index contributed by atoms with van der Waals surface area (Å²) in [5.74, 6) is -2.10. The Morgan fingerprint density at radius 1 is 0.743 bits per heavy atom. The van der Waals surface area contributed by atoms with Gasteiger partial charge < -0.3 is 0 Å². The van der Waals surface area contributed by atoms with Gasteiger partial charge in [-0.2, -0.15) is 0 Å². The summed E-state index contributed by atoms with van der Waals surface area (Å²) in [5, 5.41) is 10.9. The first-order valence-electron chi connectivity index (χ1n) is 10.7. The van der Waals surface area contributed by atoms with Crippen LogP contribution < -0.4 is 0 Å². The molecule has 4 amide bonds. The Hall–Kier alpha value is -3.40. The van der Waals surface area contributed by atoms with Gasteiger partial charge in [0.2, 0.25) is 0 Å². The van der Waals surface area contributed by atoms with Crippen molar-refractivity contribution in [3.8, 4) is 0 Å². The summed E-state index contributed by atoms with van der Waals surface area (Å²) >= 11 is 3.27. The number of benzene rings is 2. The maximum atomic E-state index is 11.8. The number of allylic oxidation sites excluding steroid dienone is 3. The second kappa shape index (κ2) is 12.9. The molecule has 0 bridgehead atoms. The fraction of sp³-hybridized carbons (Fsp3) is 0.231. The van der Waals surface area contributed by atoms with Crippen LogP contribution in [0.1, 0.15) is 69.1 Å². The Balaban J connectivity index is 0.000000209. The molecule has 35 heavy (non-hydrogen) atoms. The highest BCUT2D eigenvalue weighted by atomic mass is 79.9. The third kappa shape index (κ3) is 7.05. The number of amides is 4. The third-order valence-corrected chi connectivity index (χ3v) is 5.03. The number of hydrogen-bond acceptors (Lipinski definition) is 6. The van der Waals surface area contributed by atoms with Gasteiger partial charge >= 0.3 is 0 Å². The van der Waals surface area contributed by atoms with E-state index >= 15 is 0 Å². The lowest BCUT2D eigenvalue weighted by Crippen LogP contribution is -2.30. The minimum atomic E-state index is -0.657. The van der Waals surface area contributed by atoms with E-state index in [9.17, 15) is 19.2 Å². The number of imide groups is 2. The van der Waals surface area contributed by atoms with Crippen LogP contribution in [0.3, 0.4) is 0 Å². The lowest BCUT2D eigenvalue weighted by Gasteiger charge is -2.11. The van der Waals surface area contributed by atoms with Crippen molar-refractivity contribution in [2.45, 2.75) is 27.7 Å². The Morgan fingerprint density at radius 3 is 1.43 bits per heavy atom. The molecule has 0 aromatic heterocycles. The molecule has 0 saturated heterocycles. The van der Waals surface area contributed by atoms with E-state index in [1.54, 1.807) is 36.4 Å². The van der Waals surface area contributed by atoms with Gasteiger partial charge in [0, 0.05) is 5.33 Å². The van der Waals surface area contributed by atoms with Crippen molar-refractivity contribution in [3.63, 3.8) is 0 Å². The van der Waals surface area contributed by atoms with Gasteiger partial charge in [-0.3, -0.25) is 29.2 Å². The molecule has 2 aliphatic heterocycles. The number of carbonyl (C=O) groups is 4. The van der Waals surface area contributed by atoms with Crippen molar-refractivity contribution >= 4 is 39.6 Å². The van der Waals surface area contributed by atoms with Crippen LogP contribution in [-0.2, 0) is 4.84 Å². The van der Waals surface area contributed by atoms with Crippen molar-refractivity contribution in [1.29, 1.82) is 0 Å². The number of carbonyl (C=O) groups excluding carboxylic acids is 4. The molecule has 2 aliphatic rings. The molecular weight excluding hydrogens is 516 g/mol. The van der Waals surface area contributed by atoms with E-state index in [0.29, 0.717) is 11.1 Å². The minimum absolute atomic E-state index is 0.130. The summed E-state index contributed by atoms with van der Waals surface area (Å²) in [4.78, 5) is 51.0. The van der Waals surface area contributed by atoms with Crippen molar-refractivity contribution < 1.29 is 29.2 Å². The Morgan fingerprint density at radius 2 is 1.11 bits per heavy atom. The Labute approximate surface area is 212 Å². The molecule has 0 spiro atoms. The van der Waals surface area contributed by atoms with Gasteiger partial charge in [-0.15, -0.1) is 10.1 Å². The number of hydroxylamine groups is 4. The molecule has 2 aromatic rings. The zero-order valence-electron chi connectivity index (χ0n) is 19.9. The van der Waals surface area contributed by atoms with Crippen molar-refractivity contribution in [3.05, 3.63) is 94.1 Å². The molecule has 2 heterocycles. The largest absolute Gasteiger partial charge is 0.285 e. The van der Waals surface area contributed by atoms with Gasteiger partial charge in [-0.05, 0) is 52.0 Å². The number of fused-ring (bicyclic) bond motifs is 2. The van der Waals surface area contributed by atoms with Crippen molar-refractivity contribution in [2.75, 3.05) is 11.9 Å². The van der Waals surface area contributed by atoms with Gasteiger partial charge in [0.15, 0.2) is 0 Å². The fourth-order valence-corrected chi connectivity index (χ4v) is 3.54. The average Bonchev–Trinajstić information content (AvgIpc) is 3.20. The molecule has 184 valence electrons. The highest BCUT2D eigenvalue weighted by Gasteiger charge is 2.36. The number of halogens is 1. The van der Waals surface area contributed by atoms with E-state index < -0.39 is 23.6 Å². The quantitative estimate of drug-likeness (QED) is 0.246. The van der Waals surface area contributed by atoms with Crippen LogP contribution in [0, 0.1) is 0 Å². The average molecular weight is 543 g/mol. The van der Waals surface area contributed by atoms with E-state index in [-0.39, 0.29) is 22.8 Å². The minimum Gasteiger partial charge on any atom is -0.278 e. The number of nitrogens with zero attached hydrogens (tertiary/aromatic N) is 2. The molecule has 0 saturated carbocycles. The summed E-state index contributed by atoms with van der Waals surface area (Å²) in [6.45, 7) is 8.23. The highest BCUT2D eigenvalue weighted by Crippen LogP contribution is 2.22. The topological polar surface area (TPSA) is 104 Å². The molecule has 2 aromatic carbocycles. The van der Waals surface area contributed by atoms with Crippen LogP contribution in [0.2, 0.25) is 0 Å². The highest BCUT2D eigenvalue weighted by molar-refractivity contribution is 9.09. The second-order valence-corrected chi connectivity index (χ2v) is 8.58. The van der Waals surface area contributed by atoms with Crippen molar-refractivity contribution in [1.82, 2.24) is 10.1 Å². The molecule has 4 rings (SSSR count). The first-order valence-corrected chi connectivity index (χ1v) is 11.8. The van der Waals surface area contributed by atoms with Gasteiger partial charge in [0.05, 0.1) is 28.9 Å². The lowest BCUT2D eigenvalue weighted by atomic mass is 10.1. The van der Waals surface area contributed by atoms with Crippen LogP contribution in [-0.4, -0.2) is 50.9 Å². The smallest absolute Gasteiger partial charge is 0.278 e. The standard InChI is InChI=1S/C13H13NO3.C8H5NO3.C5H9Br/c1-9(2)7-8-17-14-12(15)10-5-3-4-6-11(10)13(14)16;10-7-5-3-1-2-4-6(5)8(11)9(7)12;1-5(2)3-4-6/h3-7H,8H2,1-2H3;1-4,12H;3H,4H2,1-2H3. The molecule has 0 atom stereocenters. The zero-order valence-corrected chi connectivity index (χ0v) is 21.5. The van der Waals surface area contributed by atoms with E-state index in [1.807, 2.05) is 19.9 Å². The van der Waals surface area contributed by atoms with Gasteiger partial charge in [0.1, 0.15) is 0 Å². The molecule has 9 heteroatoms. The summed E-state index contributed by atoms with van der Waals surface area (Å²) in [7, 11) is 0. The second-order valence-electron chi connectivity index (χ2n) is 7.93. The summed E-state index contributed by atoms with van der Waals surface area (Å²) in [6.07, 6.45) is 3.93. The van der Waals surface area contributed by atoms with E-state index in [2.05, 4.69) is 35.9 Å². The van der Waals surface area contributed by atoms with Crippen LogP contribution in [0.25, 0.3) is 0 Å². The van der Waals surface area contributed by atoms with Crippen LogP contribution in [0.4, 0.5) is 0 Å². The predicted molar refractivity (Wildman–Crippen MR) is 134 cm³/mol. The summed E-state index contributed by atoms with van der Waals surface area (Å²) < 4.78 is 0. The maximum absolute atomic E-state index is 11.8. The monoisotopic (exact) mass is 542 g/mol. The molecule has 0 radical (unpaired) electrons. The maximum Gasteiger partial charge on any atom is 0.285 e. The van der Waals surface area contributed by atoms with E-state index in [0.717, 1.165) is 16.0 Å². The van der Waals surface area contributed by atoms with Gasteiger partial charge in [-0.1, -0.05) is 63.5 Å². The van der Waals surface area contributed by atoms with Crippen LogP contribution in [0.5, 0.6) is 0 Å². The Kier molecular flexibility index (Phi) is 10.3. The molecule has 0 unspecified atom stereocenters. The zero-order chi connectivity index (χ0) is 26.1. The SMILES string of the molecule is CC(C)=CCBr.CC(C)=CCON1C(=O)c2ccccc2C1=O.O=C1c2ccccc2C(=O)N1O. The first kappa shape index (κ1) is 27.8. The normalized spacial score (nSPS) is 13.3. The molecular formula is C26H27BrN2O6. The van der Waals surface area contributed by atoms with Crippen LogP contribution in [0.15, 0.2) is 71.8 Å². The van der Waals surface area contributed by atoms with Crippen molar-refractivity contribution in [2.24, 2.45) is 0 Å². The fourth-order valence-electron chi connectivity index (χ4n) is 2.89. The van der Waals surface area contributed by atoms with Crippen LogP contribution >= 0.6 is 15.9 Å². The molecule has 0 fully saturated rings. The number of alkyl halides is 1. The number of rotatable bonds is 4. The molecule has 8 nitrogen and oxygen atoms in total. The molecule has 1 N–H and O–H groups in total. The predicted octanol–water partition coefficient (Wildman–Crippen LogP) is 5.20. The summed E-state index contributed by atoms with van der Waals surface area (Å²) in [6, 6.07) is 13.0. The van der Waals surface area contributed by atoms with E-state index in [4.69, 9.17) is 10.0 Å². The van der Waals surface area contributed by atoms with Gasteiger partial charge in [-0.25, -0.2) is 0 Å². The lowest BCUT2D eigenvalue weighted by molar-refractivity contribution is -0.0803. The van der Waals surface area contributed by atoms with Gasteiger partial charge in [0.25, 0.3) is 23.6 Å². The Bertz CT molecular complexity index is 1110.